The van der Waals surface area contributed by atoms with Crippen molar-refractivity contribution >= 4 is 0 Å². The van der Waals surface area contributed by atoms with E-state index in [1.807, 2.05) is 12.5 Å². The lowest BCUT2D eigenvalue weighted by molar-refractivity contribution is 0.611. The van der Waals surface area contributed by atoms with Crippen LogP contribution in [0.15, 0.2) is 24.2 Å². The molecule has 1 N–H and O–H groups in total. The molecule has 2 heterocycles. The Kier molecular flexibility index (Phi) is 4.17. The Morgan fingerprint density at radius 1 is 1.44 bits per heavy atom. The van der Waals surface area contributed by atoms with Gasteiger partial charge in [-0.3, -0.25) is 0 Å². The van der Waals surface area contributed by atoms with Gasteiger partial charge in [0.05, 0.1) is 6.33 Å². The van der Waals surface area contributed by atoms with Crippen molar-refractivity contribution in [1.29, 1.82) is 0 Å². The standard InChI is InChI=1S/C13H21N3/c1-2-3-13-10-15-11-16(13)9-6-12-4-7-14-8-5-12/h4,10-11,14H,2-3,5-9H2,1H3. The third kappa shape index (κ3) is 2.95. The lowest BCUT2D eigenvalue weighted by atomic mass is 10.1. The Labute approximate surface area is 97.6 Å². The zero-order valence-corrected chi connectivity index (χ0v) is 10.1. The van der Waals surface area contributed by atoms with Crippen molar-refractivity contribution in [1.82, 2.24) is 14.9 Å². The smallest absolute Gasteiger partial charge is 0.0948 e. The van der Waals surface area contributed by atoms with E-state index in [1.165, 1.54) is 25.0 Å². The zero-order valence-electron chi connectivity index (χ0n) is 10.1. The topological polar surface area (TPSA) is 29.9 Å². The van der Waals surface area contributed by atoms with Gasteiger partial charge in [-0.1, -0.05) is 25.0 Å². The van der Waals surface area contributed by atoms with Gasteiger partial charge in [0, 0.05) is 25.0 Å². The maximum Gasteiger partial charge on any atom is 0.0948 e. The average Bonchev–Trinajstić information content (AvgIpc) is 2.76. The summed E-state index contributed by atoms with van der Waals surface area (Å²) in [4.78, 5) is 4.24. The van der Waals surface area contributed by atoms with E-state index in [-0.39, 0.29) is 0 Å². The van der Waals surface area contributed by atoms with Crippen molar-refractivity contribution in [3.63, 3.8) is 0 Å². The molecule has 1 aliphatic heterocycles. The molecular weight excluding hydrogens is 198 g/mol. The van der Waals surface area contributed by atoms with E-state index in [1.54, 1.807) is 5.57 Å². The normalized spacial score (nSPS) is 16.2. The van der Waals surface area contributed by atoms with Crippen molar-refractivity contribution in [3.8, 4) is 0 Å². The molecule has 88 valence electrons. The van der Waals surface area contributed by atoms with Gasteiger partial charge in [0.25, 0.3) is 0 Å². The summed E-state index contributed by atoms with van der Waals surface area (Å²) >= 11 is 0. The van der Waals surface area contributed by atoms with Gasteiger partial charge in [0.15, 0.2) is 0 Å². The molecule has 0 aromatic carbocycles. The zero-order chi connectivity index (χ0) is 11.2. The summed E-state index contributed by atoms with van der Waals surface area (Å²) in [5.41, 5.74) is 2.96. The number of rotatable bonds is 5. The van der Waals surface area contributed by atoms with Crippen LogP contribution in [0.4, 0.5) is 0 Å². The number of imidazole rings is 1. The van der Waals surface area contributed by atoms with Crippen LogP contribution >= 0.6 is 0 Å². The molecule has 2 rings (SSSR count). The molecule has 16 heavy (non-hydrogen) atoms. The molecule has 3 heteroatoms. The highest BCUT2D eigenvalue weighted by Gasteiger charge is 2.05. The minimum absolute atomic E-state index is 1.04. The molecule has 0 saturated heterocycles. The highest BCUT2D eigenvalue weighted by Crippen LogP contribution is 2.12. The molecule has 0 amide bonds. The fourth-order valence-electron chi connectivity index (χ4n) is 2.17. The van der Waals surface area contributed by atoms with Crippen LogP contribution in [0.2, 0.25) is 0 Å². The predicted molar refractivity (Wildman–Crippen MR) is 66.4 cm³/mol. The molecule has 1 aromatic heterocycles. The maximum absolute atomic E-state index is 4.24. The van der Waals surface area contributed by atoms with E-state index < -0.39 is 0 Å². The van der Waals surface area contributed by atoms with Crippen LogP contribution in [0.25, 0.3) is 0 Å². The number of nitrogens with one attached hydrogen (secondary N) is 1. The summed E-state index contributed by atoms with van der Waals surface area (Å²) in [7, 11) is 0. The Morgan fingerprint density at radius 2 is 2.38 bits per heavy atom. The molecule has 0 saturated carbocycles. The van der Waals surface area contributed by atoms with Gasteiger partial charge in [-0.05, 0) is 25.8 Å². The molecule has 0 unspecified atom stereocenters. The Balaban J connectivity index is 1.88. The molecular formula is C13H21N3. The molecule has 0 atom stereocenters. The van der Waals surface area contributed by atoms with E-state index in [0.29, 0.717) is 0 Å². The number of hydrogen-bond donors (Lipinski definition) is 1. The first-order valence-electron chi connectivity index (χ1n) is 6.27. The minimum atomic E-state index is 1.04. The fourth-order valence-corrected chi connectivity index (χ4v) is 2.17. The van der Waals surface area contributed by atoms with Crippen LogP contribution in [0.1, 0.15) is 31.9 Å². The van der Waals surface area contributed by atoms with Crippen molar-refractivity contribution in [2.24, 2.45) is 0 Å². The molecule has 0 fully saturated rings. The van der Waals surface area contributed by atoms with Gasteiger partial charge in [0.2, 0.25) is 0 Å². The van der Waals surface area contributed by atoms with E-state index in [2.05, 4.69) is 27.9 Å². The second-order valence-electron chi connectivity index (χ2n) is 4.39. The molecule has 0 radical (unpaired) electrons. The SMILES string of the molecule is CCCc1cncn1CCC1=CCNCC1. The van der Waals surface area contributed by atoms with Crippen LogP contribution in [-0.4, -0.2) is 22.6 Å². The molecule has 0 aliphatic carbocycles. The lowest BCUT2D eigenvalue weighted by Crippen LogP contribution is -2.21. The van der Waals surface area contributed by atoms with Gasteiger partial charge in [-0.25, -0.2) is 4.98 Å². The third-order valence-corrected chi connectivity index (χ3v) is 3.14. The van der Waals surface area contributed by atoms with Crippen LogP contribution in [-0.2, 0) is 13.0 Å². The summed E-state index contributed by atoms with van der Waals surface area (Å²) in [5.74, 6) is 0. The average molecular weight is 219 g/mol. The Morgan fingerprint density at radius 3 is 3.12 bits per heavy atom. The second-order valence-corrected chi connectivity index (χ2v) is 4.39. The second kappa shape index (κ2) is 5.85. The lowest BCUT2D eigenvalue weighted by Gasteiger charge is -2.15. The van der Waals surface area contributed by atoms with Crippen molar-refractivity contribution in [2.75, 3.05) is 13.1 Å². The first-order chi connectivity index (χ1) is 7.90. The summed E-state index contributed by atoms with van der Waals surface area (Å²) in [5, 5.41) is 3.34. The molecule has 1 aliphatic rings. The summed E-state index contributed by atoms with van der Waals surface area (Å²) < 4.78 is 2.30. The molecule has 0 bridgehead atoms. The third-order valence-electron chi connectivity index (χ3n) is 3.14. The Hall–Kier alpha value is -1.09. The largest absolute Gasteiger partial charge is 0.334 e. The van der Waals surface area contributed by atoms with Crippen LogP contribution in [0.3, 0.4) is 0 Å². The number of nitrogens with zero attached hydrogens (tertiary/aromatic N) is 2. The maximum atomic E-state index is 4.24. The van der Waals surface area contributed by atoms with Gasteiger partial charge in [-0.15, -0.1) is 0 Å². The first kappa shape index (κ1) is 11.4. The van der Waals surface area contributed by atoms with Gasteiger partial charge in [0.1, 0.15) is 0 Å². The monoisotopic (exact) mass is 219 g/mol. The number of hydrogen-bond acceptors (Lipinski definition) is 2. The van der Waals surface area contributed by atoms with Crippen molar-refractivity contribution < 1.29 is 0 Å². The van der Waals surface area contributed by atoms with E-state index in [4.69, 9.17) is 0 Å². The quantitative estimate of drug-likeness (QED) is 0.769. The molecule has 3 nitrogen and oxygen atoms in total. The van der Waals surface area contributed by atoms with Crippen molar-refractivity contribution in [3.05, 3.63) is 29.9 Å². The van der Waals surface area contributed by atoms with Gasteiger partial charge in [-0.2, -0.15) is 0 Å². The fraction of sp³-hybridized carbons (Fsp3) is 0.615. The number of aryl methyl sites for hydroxylation is 2. The number of aromatic nitrogens is 2. The highest BCUT2D eigenvalue weighted by molar-refractivity contribution is 5.07. The van der Waals surface area contributed by atoms with E-state index in [9.17, 15) is 0 Å². The molecule has 1 aromatic rings. The minimum Gasteiger partial charge on any atom is -0.334 e. The van der Waals surface area contributed by atoms with Gasteiger partial charge < -0.3 is 9.88 Å². The Bertz CT molecular complexity index is 352. The van der Waals surface area contributed by atoms with Crippen molar-refractivity contribution in [2.45, 2.75) is 39.2 Å². The summed E-state index contributed by atoms with van der Waals surface area (Å²) in [6.45, 7) is 5.48. The van der Waals surface area contributed by atoms with E-state index >= 15 is 0 Å². The first-order valence-corrected chi connectivity index (χ1v) is 6.27. The summed E-state index contributed by atoms with van der Waals surface area (Å²) in [6, 6.07) is 0. The molecule has 0 spiro atoms. The van der Waals surface area contributed by atoms with Crippen LogP contribution in [0.5, 0.6) is 0 Å². The van der Waals surface area contributed by atoms with E-state index in [0.717, 1.165) is 26.1 Å². The van der Waals surface area contributed by atoms with Crippen LogP contribution < -0.4 is 5.32 Å². The van der Waals surface area contributed by atoms with Gasteiger partial charge >= 0.3 is 0 Å². The van der Waals surface area contributed by atoms with Crippen LogP contribution in [0, 0.1) is 0 Å². The summed E-state index contributed by atoms with van der Waals surface area (Å²) in [6.07, 6.45) is 11.0. The predicted octanol–water partition coefficient (Wildman–Crippen LogP) is 2.15. The highest BCUT2D eigenvalue weighted by atomic mass is 15.0.